The normalized spacial score (nSPS) is 16.0. The molecule has 0 fully saturated rings. The number of fused-ring (bicyclic) bond motifs is 2. The molecule has 26 heavy (non-hydrogen) atoms. The smallest absolute Gasteiger partial charge is 0.244 e. The number of ether oxygens (including phenoxy) is 2. The van der Waals surface area contributed by atoms with Crippen molar-refractivity contribution in [2.24, 2.45) is 0 Å². The predicted molar refractivity (Wildman–Crippen MR) is 96.1 cm³/mol. The van der Waals surface area contributed by atoms with Crippen LogP contribution in [-0.2, 0) is 24.2 Å². The van der Waals surface area contributed by atoms with Crippen LogP contribution < -0.4 is 9.47 Å². The van der Waals surface area contributed by atoms with E-state index in [1.165, 1.54) is 11.3 Å². The van der Waals surface area contributed by atoms with Gasteiger partial charge in [-0.05, 0) is 56.6 Å². The molecule has 0 saturated carbocycles. The van der Waals surface area contributed by atoms with Crippen LogP contribution in [0.1, 0.15) is 35.0 Å². The lowest BCUT2D eigenvalue weighted by Gasteiger charge is -2.28. The second-order valence-electron chi connectivity index (χ2n) is 7.15. The molecule has 2 aliphatic rings. The second kappa shape index (κ2) is 6.64. The fourth-order valence-corrected chi connectivity index (χ4v) is 3.77. The number of hydrogen-bond donors (Lipinski definition) is 1. The van der Waals surface area contributed by atoms with Gasteiger partial charge in [0.05, 0.1) is 12.2 Å². The standard InChI is InChI=1S/C19H24N4O3/c1-22(2)18(12-7-8-16-17(9-12)26-11-25-16)19(24)23(3)10-15-13-5-4-6-14(13)20-21-15/h7-9,18H,4-6,10-11H2,1-3H3,(H,20,21)/t18-/m0/s1. The van der Waals surface area contributed by atoms with Crippen molar-refractivity contribution < 1.29 is 14.3 Å². The molecular weight excluding hydrogens is 332 g/mol. The Balaban J connectivity index is 1.55. The number of aromatic amines is 1. The Morgan fingerprint density at radius 3 is 2.85 bits per heavy atom. The zero-order chi connectivity index (χ0) is 18.3. The summed E-state index contributed by atoms with van der Waals surface area (Å²) in [6.45, 7) is 0.739. The van der Waals surface area contributed by atoms with Gasteiger partial charge in [0, 0.05) is 12.7 Å². The second-order valence-corrected chi connectivity index (χ2v) is 7.15. The quantitative estimate of drug-likeness (QED) is 0.886. The van der Waals surface area contributed by atoms with Crippen LogP contribution in [-0.4, -0.2) is 53.8 Å². The van der Waals surface area contributed by atoms with Gasteiger partial charge in [-0.3, -0.25) is 14.8 Å². The minimum atomic E-state index is -0.388. The SMILES string of the molecule is CN(Cc1n[nH]c2c1CCC2)C(=O)[C@H](c1ccc2c(c1)OCO2)N(C)C. The van der Waals surface area contributed by atoms with Gasteiger partial charge >= 0.3 is 0 Å². The van der Waals surface area contributed by atoms with Crippen LogP contribution in [0.5, 0.6) is 11.5 Å². The van der Waals surface area contributed by atoms with E-state index in [1.54, 1.807) is 4.90 Å². The summed E-state index contributed by atoms with van der Waals surface area (Å²) in [5.41, 5.74) is 4.38. The molecule has 2 heterocycles. The molecule has 1 amide bonds. The number of aryl methyl sites for hydroxylation is 1. The highest BCUT2D eigenvalue weighted by atomic mass is 16.7. The number of hydrogen-bond acceptors (Lipinski definition) is 5. The van der Waals surface area contributed by atoms with Gasteiger partial charge in [0.25, 0.3) is 0 Å². The van der Waals surface area contributed by atoms with Crippen LogP contribution in [0.2, 0.25) is 0 Å². The average molecular weight is 356 g/mol. The Hall–Kier alpha value is -2.54. The largest absolute Gasteiger partial charge is 0.454 e. The van der Waals surface area contributed by atoms with E-state index < -0.39 is 0 Å². The highest BCUT2D eigenvalue weighted by Crippen LogP contribution is 2.35. The maximum Gasteiger partial charge on any atom is 0.244 e. The van der Waals surface area contributed by atoms with Crippen molar-refractivity contribution in [3.05, 3.63) is 40.7 Å². The van der Waals surface area contributed by atoms with Crippen LogP contribution in [0.15, 0.2) is 18.2 Å². The van der Waals surface area contributed by atoms with Gasteiger partial charge in [-0.15, -0.1) is 0 Å². The molecule has 1 N–H and O–H groups in total. The monoisotopic (exact) mass is 356 g/mol. The summed E-state index contributed by atoms with van der Waals surface area (Å²) in [5.74, 6) is 1.44. The topological polar surface area (TPSA) is 70.7 Å². The summed E-state index contributed by atoms with van der Waals surface area (Å²) in [7, 11) is 5.66. The molecule has 1 aliphatic heterocycles. The highest BCUT2D eigenvalue weighted by Gasteiger charge is 2.29. The molecule has 0 radical (unpaired) electrons. The Labute approximate surface area is 152 Å². The number of benzene rings is 1. The summed E-state index contributed by atoms with van der Waals surface area (Å²) >= 11 is 0. The van der Waals surface area contributed by atoms with Crippen LogP contribution >= 0.6 is 0 Å². The summed E-state index contributed by atoms with van der Waals surface area (Å²) < 4.78 is 10.8. The van der Waals surface area contributed by atoms with E-state index in [2.05, 4.69) is 10.2 Å². The molecular formula is C19H24N4O3. The number of carbonyl (C=O) groups excluding carboxylic acids is 1. The van der Waals surface area contributed by atoms with Gasteiger partial charge in [0.15, 0.2) is 11.5 Å². The molecule has 1 aliphatic carbocycles. The number of rotatable bonds is 5. The van der Waals surface area contributed by atoms with Crippen molar-refractivity contribution in [3.8, 4) is 11.5 Å². The molecule has 2 aromatic rings. The molecule has 7 heteroatoms. The Kier molecular flexibility index (Phi) is 4.32. The highest BCUT2D eigenvalue weighted by molar-refractivity contribution is 5.83. The number of carbonyl (C=O) groups is 1. The summed E-state index contributed by atoms with van der Waals surface area (Å²) in [5, 5.41) is 7.53. The molecule has 4 rings (SSSR count). The lowest BCUT2D eigenvalue weighted by molar-refractivity contribution is -0.135. The maximum atomic E-state index is 13.2. The van der Waals surface area contributed by atoms with E-state index in [-0.39, 0.29) is 18.7 Å². The Morgan fingerprint density at radius 2 is 2.04 bits per heavy atom. The van der Waals surface area contributed by atoms with Gasteiger partial charge in [0.1, 0.15) is 6.04 Å². The minimum absolute atomic E-state index is 0.0311. The Morgan fingerprint density at radius 1 is 1.23 bits per heavy atom. The molecule has 138 valence electrons. The van der Waals surface area contributed by atoms with Gasteiger partial charge in [-0.25, -0.2) is 0 Å². The first-order valence-electron chi connectivity index (χ1n) is 8.90. The van der Waals surface area contributed by atoms with Crippen molar-refractivity contribution in [3.63, 3.8) is 0 Å². The van der Waals surface area contributed by atoms with E-state index in [9.17, 15) is 4.79 Å². The minimum Gasteiger partial charge on any atom is -0.454 e. The third-order valence-corrected chi connectivity index (χ3v) is 5.12. The van der Waals surface area contributed by atoms with Crippen molar-refractivity contribution in [1.82, 2.24) is 20.0 Å². The van der Waals surface area contributed by atoms with E-state index >= 15 is 0 Å². The Bertz CT molecular complexity index is 830. The third-order valence-electron chi connectivity index (χ3n) is 5.12. The van der Waals surface area contributed by atoms with E-state index in [0.717, 1.165) is 36.3 Å². The van der Waals surface area contributed by atoms with Gasteiger partial charge in [0.2, 0.25) is 12.7 Å². The van der Waals surface area contributed by atoms with E-state index in [1.807, 2.05) is 44.2 Å². The summed E-state index contributed by atoms with van der Waals surface area (Å²) in [6.07, 6.45) is 3.26. The van der Waals surface area contributed by atoms with Crippen LogP contribution in [0, 0.1) is 0 Å². The van der Waals surface area contributed by atoms with Crippen molar-refractivity contribution in [2.75, 3.05) is 27.9 Å². The van der Waals surface area contributed by atoms with Gasteiger partial charge in [-0.1, -0.05) is 6.07 Å². The van der Waals surface area contributed by atoms with Crippen molar-refractivity contribution in [2.45, 2.75) is 31.8 Å². The predicted octanol–water partition coefficient (Wildman–Crippen LogP) is 1.89. The molecule has 1 aromatic carbocycles. The summed E-state index contributed by atoms with van der Waals surface area (Å²) in [4.78, 5) is 16.9. The molecule has 1 aromatic heterocycles. The van der Waals surface area contributed by atoms with Gasteiger partial charge in [-0.2, -0.15) is 5.10 Å². The number of aromatic nitrogens is 2. The lowest BCUT2D eigenvalue weighted by atomic mass is 10.0. The average Bonchev–Trinajstić information content (AvgIpc) is 3.32. The summed E-state index contributed by atoms with van der Waals surface area (Å²) in [6, 6.07) is 5.30. The molecule has 1 atom stereocenters. The zero-order valence-corrected chi connectivity index (χ0v) is 15.4. The lowest BCUT2D eigenvalue weighted by Crippen LogP contribution is -2.38. The molecule has 0 unspecified atom stereocenters. The van der Waals surface area contributed by atoms with Gasteiger partial charge < -0.3 is 14.4 Å². The van der Waals surface area contributed by atoms with Crippen LogP contribution in [0.4, 0.5) is 0 Å². The number of nitrogens with one attached hydrogen (secondary N) is 1. The van der Waals surface area contributed by atoms with E-state index in [4.69, 9.17) is 9.47 Å². The number of nitrogens with zero attached hydrogens (tertiary/aromatic N) is 3. The first-order chi connectivity index (χ1) is 12.5. The molecule has 0 spiro atoms. The number of likely N-dealkylation sites (N-methyl/N-ethyl adjacent to an activating group) is 2. The first kappa shape index (κ1) is 16.9. The number of amides is 1. The fraction of sp³-hybridized carbons (Fsp3) is 0.474. The van der Waals surface area contributed by atoms with Crippen molar-refractivity contribution >= 4 is 5.91 Å². The molecule has 0 saturated heterocycles. The van der Waals surface area contributed by atoms with Crippen molar-refractivity contribution in [1.29, 1.82) is 0 Å². The number of H-pyrrole nitrogens is 1. The third kappa shape index (κ3) is 2.92. The fourth-order valence-electron chi connectivity index (χ4n) is 3.77. The van der Waals surface area contributed by atoms with E-state index in [0.29, 0.717) is 12.3 Å². The maximum absolute atomic E-state index is 13.2. The van der Waals surface area contributed by atoms with Crippen LogP contribution in [0.25, 0.3) is 0 Å². The first-order valence-corrected chi connectivity index (χ1v) is 8.90. The zero-order valence-electron chi connectivity index (χ0n) is 15.4. The molecule has 7 nitrogen and oxygen atoms in total. The van der Waals surface area contributed by atoms with Crippen LogP contribution in [0.3, 0.4) is 0 Å². The molecule has 0 bridgehead atoms.